The summed E-state index contributed by atoms with van der Waals surface area (Å²) in [5, 5.41) is -0.577. The third kappa shape index (κ3) is 4.17. The zero-order valence-corrected chi connectivity index (χ0v) is 13.0. The van der Waals surface area contributed by atoms with E-state index >= 15 is 0 Å². The first kappa shape index (κ1) is 16.9. The number of carbonyl (C=O) groups excluding carboxylic acids is 1. The minimum atomic E-state index is -0.887. The fraction of sp³-hybridized carbons (Fsp3) is 0.533. The van der Waals surface area contributed by atoms with E-state index in [9.17, 15) is 13.6 Å². The van der Waals surface area contributed by atoms with E-state index in [1.54, 1.807) is 0 Å². The van der Waals surface area contributed by atoms with Crippen molar-refractivity contribution < 1.29 is 13.6 Å². The molecule has 0 aliphatic rings. The maximum Gasteiger partial charge on any atom is 0.227 e. The third-order valence-corrected chi connectivity index (χ3v) is 3.08. The Morgan fingerprint density at radius 3 is 2.40 bits per heavy atom. The van der Waals surface area contributed by atoms with Gasteiger partial charge in [-0.1, -0.05) is 39.3 Å². The predicted octanol–water partition coefficient (Wildman–Crippen LogP) is 4.80. The predicted molar refractivity (Wildman–Crippen MR) is 78.1 cm³/mol. The van der Waals surface area contributed by atoms with E-state index in [0.717, 1.165) is 6.07 Å². The molecule has 0 saturated carbocycles. The zero-order chi connectivity index (χ0) is 15.5. The number of amides is 1. The molecule has 5 heteroatoms. The Labute approximate surface area is 123 Å². The second-order valence-electron chi connectivity index (χ2n) is 5.98. The molecule has 20 heavy (non-hydrogen) atoms. The molecule has 0 bridgehead atoms. The lowest BCUT2D eigenvalue weighted by atomic mass is 9.91. The number of anilines is 1. The molecule has 0 aromatic heterocycles. The Morgan fingerprint density at radius 2 is 1.90 bits per heavy atom. The van der Waals surface area contributed by atoms with Crippen molar-refractivity contribution in [2.45, 2.75) is 40.5 Å². The number of nitrogens with zero attached hydrogens (tertiary/aromatic N) is 1. The molecule has 0 aliphatic carbocycles. The molecule has 1 aromatic carbocycles. The van der Waals surface area contributed by atoms with Crippen molar-refractivity contribution in [3.05, 3.63) is 28.8 Å². The molecule has 112 valence electrons. The van der Waals surface area contributed by atoms with Gasteiger partial charge in [0.15, 0.2) is 5.82 Å². The number of rotatable bonds is 4. The number of hydrogen-bond acceptors (Lipinski definition) is 1. The zero-order valence-electron chi connectivity index (χ0n) is 12.3. The van der Waals surface area contributed by atoms with E-state index in [0.29, 0.717) is 13.0 Å². The highest BCUT2D eigenvalue weighted by Crippen LogP contribution is 2.30. The molecular formula is C15H20ClF2NO. The molecule has 0 heterocycles. The molecule has 0 fully saturated rings. The molecule has 0 N–H and O–H groups in total. The summed E-state index contributed by atoms with van der Waals surface area (Å²) in [6.45, 7) is 8.06. The molecule has 0 atom stereocenters. The summed E-state index contributed by atoms with van der Waals surface area (Å²) < 4.78 is 27.3. The van der Waals surface area contributed by atoms with E-state index in [4.69, 9.17) is 11.6 Å². The van der Waals surface area contributed by atoms with Crippen LogP contribution in [0.1, 0.15) is 40.5 Å². The normalized spacial score (nSPS) is 11.6. The van der Waals surface area contributed by atoms with Gasteiger partial charge in [-0.05, 0) is 24.0 Å². The van der Waals surface area contributed by atoms with Crippen LogP contribution in [0.2, 0.25) is 5.02 Å². The summed E-state index contributed by atoms with van der Waals surface area (Å²) in [7, 11) is 0. The van der Waals surface area contributed by atoms with E-state index < -0.39 is 16.7 Å². The second kappa shape index (κ2) is 6.53. The first-order valence-corrected chi connectivity index (χ1v) is 6.99. The van der Waals surface area contributed by atoms with Gasteiger partial charge >= 0.3 is 0 Å². The van der Waals surface area contributed by atoms with Crippen molar-refractivity contribution in [3.8, 4) is 0 Å². The molecule has 1 rings (SSSR count). The van der Waals surface area contributed by atoms with Crippen molar-refractivity contribution in [3.63, 3.8) is 0 Å². The fourth-order valence-corrected chi connectivity index (χ4v) is 2.04. The Morgan fingerprint density at radius 1 is 1.30 bits per heavy atom. The van der Waals surface area contributed by atoms with E-state index in [-0.39, 0.29) is 23.4 Å². The Bertz CT molecular complexity index is 497. The smallest absolute Gasteiger partial charge is 0.227 e. The van der Waals surface area contributed by atoms with E-state index in [1.807, 2.05) is 27.7 Å². The van der Waals surface area contributed by atoms with Crippen LogP contribution in [0.3, 0.4) is 0 Å². The van der Waals surface area contributed by atoms with Gasteiger partial charge in [-0.25, -0.2) is 8.78 Å². The quantitative estimate of drug-likeness (QED) is 0.732. The van der Waals surface area contributed by atoms with Crippen LogP contribution in [0.25, 0.3) is 0 Å². The van der Waals surface area contributed by atoms with Crippen LogP contribution in [0.5, 0.6) is 0 Å². The van der Waals surface area contributed by atoms with Crippen LogP contribution < -0.4 is 4.90 Å². The van der Waals surface area contributed by atoms with Crippen molar-refractivity contribution in [2.24, 2.45) is 5.41 Å². The number of carbonyl (C=O) groups is 1. The molecule has 0 radical (unpaired) electrons. The van der Waals surface area contributed by atoms with Crippen LogP contribution in [0.15, 0.2) is 12.1 Å². The molecular weight excluding hydrogens is 284 g/mol. The molecule has 0 aliphatic heterocycles. The monoisotopic (exact) mass is 303 g/mol. The summed E-state index contributed by atoms with van der Waals surface area (Å²) in [6.07, 6.45) is 0.950. The van der Waals surface area contributed by atoms with Gasteiger partial charge in [-0.3, -0.25) is 4.79 Å². The maximum absolute atomic E-state index is 14.1. The van der Waals surface area contributed by atoms with Crippen molar-refractivity contribution in [1.82, 2.24) is 0 Å². The Balaban J connectivity index is 3.15. The largest absolute Gasteiger partial charge is 0.310 e. The van der Waals surface area contributed by atoms with Crippen LogP contribution >= 0.6 is 11.6 Å². The number of halogens is 3. The lowest BCUT2D eigenvalue weighted by Crippen LogP contribution is -2.35. The Hall–Kier alpha value is -1.16. The highest BCUT2D eigenvalue weighted by molar-refractivity contribution is 6.31. The summed E-state index contributed by atoms with van der Waals surface area (Å²) in [6, 6.07) is 2.33. The van der Waals surface area contributed by atoms with Gasteiger partial charge in [-0.2, -0.15) is 0 Å². The van der Waals surface area contributed by atoms with E-state index in [2.05, 4.69) is 0 Å². The van der Waals surface area contributed by atoms with Crippen LogP contribution in [-0.4, -0.2) is 12.5 Å². The molecule has 0 unspecified atom stereocenters. The first-order valence-electron chi connectivity index (χ1n) is 6.61. The highest BCUT2D eigenvalue weighted by atomic mass is 35.5. The van der Waals surface area contributed by atoms with Crippen LogP contribution in [-0.2, 0) is 4.79 Å². The lowest BCUT2D eigenvalue weighted by Gasteiger charge is -2.27. The van der Waals surface area contributed by atoms with Crippen LogP contribution in [0.4, 0.5) is 14.5 Å². The maximum atomic E-state index is 14.1. The number of benzene rings is 1. The van der Waals surface area contributed by atoms with Gasteiger partial charge in [0, 0.05) is 13.0 Å². The fourth-order valence-electron chi connectivity index (χ4n) is 1.88. The third-order valence-electron chi connectivity index (χ3n) is 2.74. The average Bonchev–Trinajstić information content (AvgIpc) is 2.32. The van der Waals surface area contributed by atoms with Gasteiger partial charge < -0.3 is 4.90 Å². The van der Waals surface area contributed by atoms with Crippen molar-refractivity contribution >= 4 is 23.2 Å². The molecule has 1 amide bonds. The van der Waals surface area contributed by atoms with Gasteiger partial charge in [0.25, 0.3) is 0 Å². The highest BCUT2D eigenvalue weighted by Gasteiger charge is 2.25. The van der Waals surface area contributed by atoms with E-state index in [1.165, 1.54) is 11.0 Å². The van der Waals surface area contributed by atoms with Crippen LogP contribution in [0, 0.1) is 17.0 Å². The van der Waals surface area contributed by atoms with Crippen molar-refractivity contribution in [2.75, 3.05) is 11.4 Å². The average molecular weight is 304 g/mol. The molecule has 1 aromatic rings. The lowest BCUT2D eigenvalue weighted by molar-refractivity contribution is -0.120. The molecule has 0 spiro atoms. The minimum absolute atomic E-state index is 0.0347. The summed E-state index contributed by atoms with van der Waals surface area (Å²) in [5.41, 5.74) is -0.170. The van der Waals surface area contributed by atoms with Gasteiger partial charge in [0.05, 0.1) is 5.69 Å². The summed E-state index contributed by atoms with van der Waals surface area (Å²) >= 11 is 5.58. The standard InChI is InChI=1S/C15H20ClF2NO/c1-5-8-19(12(20)9-15(2,3)4)11-7-6-10(17)13(16)14(11)18/h6-7H,5,8-9H2,1-4H3. The summed E-state index contributed by atoms with van der Waals surface area (Å²) in [4.78, 5) is 13.7. The minimum Gasteiger partial charge on any atom is -0.310 e. The molecule has 0 saturated heterocycles. The summed E-state index contributed by atoms with van der Waals surface area (Å²) in [5.74, 6) is -1.91. The second-order valence-corrected chi connectivity index (χ2v) is 6.36. The van der Waals surface area contributed by atoms with Gasteiger partial charge in [-0.15, -0.1) is 0 Å². The van der Waals surface area contributed by atoms with Crippen molar-refractivity contribution in [1.29, 1.82) is 0 Å². The topological polar surface area (TPSA) is 20.3 Å². The SMILES string of the molecule is CCCN(C(=O)CC(C)(C)C)c1ccc(F)c(Cl)c1F. The first-order chi connectivity index (χ1) is 9.17. The Kier molecular flexibility index (Phi) is 5.51. The molecule has 2 nitrogen and oxygen atoms in total. The van der Waals surface area contributed by atoms with Gasteiger partial charge in [0.1, 0.15) is 10.8 Å². The number of hydrogen-bond donors (Lipinski definition) is 0. The van der Waals surface area contributed by atoms with Gasteiger partial charge in [0.2, 0.25) is 5.91 Å².